The molecule has 4 rings (SSSR count). The first-order chi connectivity index (χ1) is 12.1. The number of carbonyl (C=O) groups is 2. The summed E-state index contributed by atoms with van der Waals surface area (Å²) < 4.78 is 1.63. The molecule has 3 fully saturated rings. The van der Waals surface area contributed by atoms with E-state index in [1.165, 1.54) is 31.9 Å². The van der Waals surface area contributed by atoms with Gasteiger partial charge in [-0.1, -0.05) is 18.1 Å². The van der Waals surface area contributed by atoms with Gasteiger partial charge in [-0.15, -0.1) is 5.10 Å². The highest BCUT2D eigenvalue weighted by Crippen LogP contribution is 2.36. The van der Waals surface area contributed by atoms with E-state index >= 15 is 0 Å². The highest BCUT2D eigenvalue weighted by molar-refractivity contribution is 5.84. The molecule has 0 bridgehead atoms. The molecule has 1 aromatic rings. The quantitative estimate of drug-likeness (QED) is 0.881. The van der Waals surface area contributed by atoms with E-state index in [1.807, 2.05) is 4.90 Å². The summed E-state index contributed by atoms with van der Waals surface area (Å²) in [6.07, 6.45) is 8.22. The van der Waals surface area contributed by atoms with Gasteiger partial charge in [-0.3, -0.25) is 0 Å². The topological polar surface area (TPSA) is 91.6 Å². The molecule has 8 heteroatoms. The predicted octanol–water partition coefficient (Wildman–Crippen LogP) is 1.86. The smallest absolute Gasteiger partial charge is 0.358 e. The van der Waals surface area contributed by atoms with Crippen LogP contribution in [-0.4, -0.2) is 68.1 Å². The van der Waals surface area contributed by atoms with Crippen molar-refractivity contribution in [3.05, 3.63) is 11.9 Å². The molecule has 2 amide bonds. The Morgan fingerprint density at radius 2 is 1.64 bits per heavy atom. The number of hydrogen-bond acceptors (Lipinski definition) is 4. The fourth-order valence-electron chi connectivity index (χ4n) is 4.64. The molecule has 1 saturated carbocycles. The summed E-state index contributed by atoms with van der Waals surface area (Å²) in [6.45, 7) is 3.23. The number of nitrogens with zero attached hydrogens (tertiary/aromatic N) is 5. The summed E-state index contributed by atoms with van der Waals surface area (Å²) in [7, 11) is 0. The second kappa shape index (κ2) is 6.65. The van der Waals surface area contributed by atoms with Crippen LogP contribution in [0.25, 0.3) is 0 Å². The zero-order chi connectivity index (χ0) is 17.4. The fourth-order valence-corrected chi connectivity index (χ4v) is 4.64. The Morgan fingerprint density at radius 3 is 2.20 bits per heavy atom. The number of likely N-dealkylation sites (tertiary alicyclic amines) is 2. The maximum absolute atomic E-state index is 12.8. The lowest BCUT2D eigenvalue weighted by Gasteiger charge is -2.34. The van der Waals surface area contributed by atoms with Crippen LogP contribution in [0.1, 0.15) is 55.1 Å². The maximum Gasteiger partial charge on any atom is 0.358 e. The van der Waals surface area contributed by atoms with Crippen molar-refractivity contribution in [2.24, 2.45) is 11.8 Å². The number of aromatic carboxylic acids is 1. The predicted molar refractivity (Wildman–Crippen MR) is 89.2 cm³/mol. The van der Waals surface area contributed by atoms with Crippen LogP contribution in [-0.2, 0) is 0 Å². The number of piperidine rings is 1. The Kier molecular flexibility index (Phi) is 4.35. The molecule has 3 heterocycles. The Balaban J connectivity index is 1.32. The van der Waals surface area contributed by atoms with Crippen LogP contribution < -0.4 is 0 Å². The minimum absolute atomic E-state index is 0.0295. The Hall–Kier alpha value is -2.12. The van der Waals surface area contributed by atoms with Gasteiger partial charge in [0.15, 0.2) is 5.69 Å². The van der Waals surface area contributed by atoms with E-state index in [0.29, 0.717) is 24.9 Å². The Bertz CT molecular complexity index is 638. The number of carboxylic acid groups (broad SMARTS) is 1. The van der Waals surface area contributed by atoms with Gasteiger partial charge < -0.3 is 14.9 Å². The van der Waals surface area contributed by atoms with Crippen LogP contribution in [0.5, 0.6) is 0 Å². The minimum Gasteiger partial charge on any atom is -0.476 e. The number of carboxylic acids is 1. The first kappa shape index (κ1) is 16.4. The molecule has 2 aliphatic heterocycles. The van der Waals surface area contributed by atoms with Crippen molar-refractivity contribution < 1.29 is 14.7 Å². The van der Waals surface area contributed by atoms with E-state index in [-0.39, 0.29) is 17.8 Å². The average molecular weight is 347 g/mol. The molecule has 2 atom stereocenters. The van der Waals surface area contributed by atoms with E-state index in [9.17, 15) is 9.59 Å². The third-order valence-electron chi connectivity index (χ3n) is 6.09. The molecule has 0 aromatic carbocycles. The van der Waals surface area contributed by atoms with Crippen LogP contribution in [0.2, 0.25) is 0 Å². The molecular formula is C17H25N5O3. The van der Waals surface area contributed by atoms with Crippen molar-refractivity contribution in [3.8, 4) is 0 Å². The standard InChI is InChI=1S/C17H25N5O3/c23-16(24)15-11-22(19-18-15)14-5-7-20(8-6-14)17(25)21-9-12-3-1-2-4-13(12)10-21/h11-14H,1-10H2,(H,23,24)/t12-,13+. The van der Waals surface area contributed by atoms with E-state index in [0.717, 1.165) is 25.9 Å². The summed E-state index contributed by atoms with van der Waals surface area (Å²) in [5.41, 5.74) is -0.0295. The number of amides is 2. The van der Waals surface area contributed by atoms with Gasteiger partial charge in [0.1, 0.15) is 0 Å². The monoisotopic (exact) mass is 347 g/mol. The van der Waals surface area contributed by atoms with Gasteiger partial charge in [-0.2, -0.15) is 0 Å². The van der Waals surface area contributed by atoms with Gasteiger partial charge in [0.2, 0.25) is 0 Å². The number of rotatable bonds is 2. The second-order valence-electron chi connectivity index (χ2n) is 7.60. The summed E-state index contributed by atoms with van der Waals surface area (Å²) in [5, 5.41) is 16.5. The fraction of sp³-hybridized carbons (Fsp3) is 0.765. The zero-order valence-electron chi connectivity index (χ0n) is 14.4. The lowest BCUT2D eigenvalue weighted by atomic mass is 9.82. The molecule has 1 aliphatic carbocycles. The number of aromatic nitrogens is 3. The van der Waals surface area contributed by atoms with Crippen LogP contribution in [0.3, 0.4) is 0 Å². The molecule has 0 unspecified atom stereocenters. The number of carbonyl (C=O) groups excluding carboxylic acids is 1. The van der Waals surface area contributed by atoms with Gasteiger partial charge >= 0.3 is 12.0 Å². The molecule has 2 saturated heterocycles. The molecule has 0 spiro atoms. The molecule has 25 heavy (non-hydrogen) atoms. The van der Waals surface area contributed by atoms with Gasteiger partial charge in [-0.25, -0.2) is 14.3 Å². The van der Waals surface area contributed by atoms with Crippen molar-refractivity contribution in [2.75, 3.05) is 26.2 Å². The molecule has 1 N–H and O–H groups in total. The lowest BCUT2D eigenvalue weighted by Crippen LogP contribution is -2.46. The maximum atomic E-state index is 12.8. The number of fused-ring (bicyclic) bond motifs is 1. The molecule has 0 radical (unpaired) electrons. The highest BCUT2D eigenvalue weighted by Gasteiger charge is 2.38. The van der Waals surface area contributed by atoms with Crippen molar-refractivity contribution in [1.29, 1.82) is 0 Å². The third kappa shape index (κ3) is 3.21. The van der Waals surface area contributed by atoms with E-state index < -0.39 is 5.97 Å². The first-order valence-corrected chi connectivity index (χ1v) is 9.31. The average Bonchev–Trinajstić information content (AvgIpc) is 3.28. The van der Waals surface area contributed by atoms with Crippen LogP contribution in [0, 0.1) is 11.8 Å². The number of urea groups is 1. The first-order valence-electron chi connectivity index (χ1n) is 9.31. The van der Waals surface area contributed by atoms with E-state index in [1.54, 1.807) is 4.68 Å². The normalized spacial score (nSPS) is 27.4. The molecule has 136 valence electrons. The van der Waals surface area contributed by atoms with Gasteiger partial charge in [0, 0.05) is 26.2 Å². The largest absolute Gasteiger partial charge is 0.476 e. The summed E-state index contributed by atoms with van der Waals surface area (Å²) >= 11 is 0. The van der Waals surface area contributed by atoms with E-state index in [2.05, 4.69) is 15.2 Å². The van der Waals surface area contributed by atoms with Crippen molar-refractivity contribution in [2.45, 2.75) is 44.6 Å². The Morgan fingerprint density at radius 1 is 1.00 bits per heavy atom. The molecule has 8 nitrogen and oxygen atoms in total. The minimum atomic E-state index is -1.06. The summed E-state index contributed by atoms with van der Waals surface area (Å²) in [4.78, 5) is 27.7. The van der Waals surface area contributed by atoms with Gasteiger partial charge in [0.05, 0.1) is 12.2 Å². The van der Waals surface area contributed by atoms with Crippen molar-refractivity contribution >= 4 is 12.0 Å². The molecule has 1 aromatic heterocycles. The van der Waals surface area contributed by atoms with Crippen LogP contribution in [0.4, 0.5) is 4.79 Å². The second-order valence-corrected chi connectivity index (χ2v) is 7.60. The Labute approximate surface area is 146 Å². The third-order valence-corrected chi connectivity index (χ3v) is 6.09. The zero-order valence-corrected chi connectivity index (χ0v) is 14.4. The van der Waals surface area contributed by atoms with Crippen LogP contribution in [0.15, 0.2) is 6.20 Å². The lowest BCUT2D eigenvalue weighted by molar-refractivity contribution is 0.0690. The van der Waals surface area contributed by atoms with Gasteiger partial charge in [-0.05, 0) is 37.5 Å². The summed E-state index contributed by atoms with van der Waals surface area (Å²) in [5.74, 6) is 0.356. The highest BCUT2D eigenvalue weighted by atomic mass is 16.4. The van der Waals surface area contributed by atoms with Crippen molar-refractivity contribution in [3.63, 3.8) is 0 Å². The number of hydrogen-bond donors (Lipinski definition) is 1. The van der Waals surface area contributed by atoms with Crippen molar-refractivity contribution in [1.82, 2.24) is 24.8 Å². The SMILES string of the molecule is O=C(O)c1cn(C2CCN(C(=O)N3C[C@H]4CCCC[C@H]4C3)CC2)nn1. The van der Waals surface area contributed by atoms with E-state index in [4.69, 9.17) is 5.11 Å². The summed E-state index contributed by atoms with van der Waals surface area (Å²) in [6, 6.07) is 0.295. The molecule has 3 aliphatic rings. The molecular weight excluding hydrogens is 322 g/mol. The van der Waals surface area contributed by atoms with Gasteiger partial charge in [0.25, 0.3) is 0 Å². The van der Waals surface area contributed by atoms with Crippen LogP contribution >= 0.6 is 0 Å².